The van der Waals surface area contributed by atoms with Crippen molar-refractivity contribution in [2.24, 2.45) is 0 Å². The van der Waals surface area contributed by atoms with E-state index in [4.69, 9.17) is 12.3 Å². The van der Waals surface area contributed by atoms with E-state index in [0.717, 1.165) is 5.39 Å². The summed E-state index contributed by atoms with van der Waals surface area (Å²) in [6, 6.07) is 5.39. The van der Waals surface area contributed by atoms with Crippen molar-refractivity contribution in [1.82, 2.24) is 5.32 Å². The molecule has 136 valence electrons. The highest BCUT2D eigenvalue weighted by atomic mass is 19.4. The maximum absolute atomic E-state index is 13.4. The molecule has 4 heteroatoms. The van der Waals surface area contributed by atoms with Gasteiger partial charge in [-0.1, -0.05) is 60.6 Å². The summed E-state index contributed by atoms with van der Waals surface area (Å²) in [5.41, 5.74) is -2.28. The molecule has 0 unspecified atom stereocenters. The fraction of sp³-hybridized carbons (Fsp3) is 0.273. The second kappa shape index (κ2) is 7.92. The predicted molar refractivity (Wildman–Crippen MR) is 100 cm³/mol. The highest BCUT2D eigenvalue weighted by molar-refractivity contribution is 5.86. The van der Waals surface area contributed by atoms with Gasteiger partial charge in [0.05, 0.1) is 12.4 Å². The Kier molecular flexibility index (Phi) is 3.08. The van der Waals surface area contributed by atoms with Crippen LogP contribution in [0.5, 0.6) is 0 Å². The van der Waals surface area contributed by atoms with Crippen molar-refractivity contribution in [2.75, 3.05) is 6.50 Å². The van der Waals surface area contributed by atoms with Crippen LogP contribution >= 0.6 is 0 Å². The van der Waals surface area contributed by atoms with E-state index < -0.39 is 66.8 Å². The first-order valence-corrected chi connectivity index (χ1v) is 7.85. The molecule has 0 aliphatic heterocycles. The van der Waals surface area contributed by atoms with E-state index in [9.17, 15) is 13.2 Å². The third-order valence-corrected chi connectivity index (χ3v) is 3.76. The monoisotopic (exact) mass is 366 g/mol. The largest absolute Gasteiger partial charge is 0.416 e. The van der Waals surface area contributed by atoms with E-state index >= 15 is 0 Å². The molecule has 0 radical (unpaired) electrons. The molecule has 0 heterocycles. The molecule has 0 saturated heterocycles. The van der Waals surface area contributed by atoms with Crippen LogP contribution in [0.2, 0.25) is 0 Å². The molecular formula is C22H22F3N. The molecule has 0 bridgehead atoms. The van der Waals surface area contributed by atoms with E-state index in [0.29, 0.717) is 10.9 Å². The Morgan fingerprint density at radius 3 is 2.73 bits per heavy atom. The van der Waals surface area contributed by atoms with Crippen molar-refractivity contribution in [2.45, 2.75) is 31.9 Å². The molecule has 26 heavy (non-hydrogen) atoms. The van der Waals surface area contributed by atoms with Gasteiger partial charge in [0.2, 0.25) is 0 Å². The predicted octanol–water partition coefficient (Wildman–Crippen LogP) is 6.14. The molecule has 0 spiro atoms. The number of hydrogen-bond donors (Lipinski definition) is 1. The first-order valence-electron chi connectivity index (χ1n) is 12.3. The lowest BCUT2D eigenvalue weighted by molar-refractivity contribution is -0.137. The zero-order valence-electron chi connectivity index (χ0n) is 22.9. The molecule has 3 rings (SSSR count). The Labute approximate surface area is 164 Å². The van der Waals surface area contributed by atoms with E-state index in [-0.39, 0.29) is 0 Å². The van der Waals surface area contributed by atoms with Crippen LogP contribution in [0.4, 0.5) is 13.2 Å². The van der Waals surface area contributed by atoms with E-state index in [1.165, 1.54) is 6.92 Å². The van der Waals surface area contributed by atoms with Gasteiger partial charge in [-0.3, -0.25) is 0 Å². The van der Waals surface area contributed by atoms with Crippen molar-refractivity contribution < 1.29 is 25.5 Å². The summed E-state index contributed by atoms with van der Waals surface area (Å²) in [4.78, 5) is 0. The van der Waals surface area contributed by atoms with Crippen LogP contribution in [0, 0.1) is 0 Å². The lowest BCUT2D eigenvalue weighted by Crippen LogP contribution is -2.20. The SMILES string of the molecule is [2H]c1c([2H])c(CC([2H])([2H])C([2H])([2H])N[C@@]([2H])(C)c2cccc3ccccc23)c([2H])c(C(F)(F)F)c1[2H]. The molecule has 3 aromatic carbocycles. The fourth-order valence-electron chi connectivity index (χ4n) is 2.50. The van der Waals surface area contributed by atoms with Gasteiger partial charge in [0.15, 0.2) is 0 Å². The first kappa shape index (κ1) is 10.1. The third-order valence-electron chi connectivity index (χ3n) is 3.76. The Morgan fingerprint density at radius 1 is 1.15 bits per heavy atom. The minimum Gasteiger partial charge on any atom is -0.310 e. The van der Waals surface area contributed by atoms with Crippen molar-refractivity contribution in [3.63, 3.8) is 0 Å². The van der Waals surface area contributed by atoms with Crippen LogP contribution < -0.4 is 5.32 Å². The molecule has 0 aliphatic rings. The molecule has 0 aromatic heterocycles. The van der Waals surface area contributed by atoms with Crippen molar-refractivity contribution >= 4 is 10.8 Å². The van der Waals surface area contributed by atoms with Gasteiger partial charge in [0.1, 0.15) is 0 Å². The number of hydrogen-bond acceptors (Lipinski definition) is 1. The Bertz CT molecular complexity index is 1270. The van der Waals surface area contributed by atoms with Crippen molar-refractivity contribution in [3.05, 3.63) is 83.3 Å². The van der Waals surface area contributed by atoms with Gasteiger partial charge in [-0.15, -0.1) is 0 Å². The van der Waals surface area contributed by atoms with Gasteiger partial charge in [-0.05, 0) is 54.2 Å². The summed E-state index contributed by atoms with van der Waals surface area (Å²) in [7, 11) is 0. The maximum Gasteiger partial charge on any atom is 0.416 e. The Hall–Kier alpha value is -2.33. The molecule has 3 aromatic rings. The third kappa shape index (κ3) is 4.44. The number of alkyl halides is 3. The average Bonchev–Trinajstić information content (AvgIpc) is 2.73. The molecule has 1 atom stereocenters. The number of fused-ring (bicyclic) bond motifs is 1. The topological polar surface area (TPSA) is 12.0 Å². The number of halogens is 3. The van der Waals surface area contributed by atoms with E-state index in [1.54, 1.807) is 42.5 Å². The molecule has 0 fully saturated rings. The van der Waals surface area contributed by atoms with Crippen LogP contribution in [-0.4, -0.2) is 6.50 Å². The number of nitrogens with one attached hydrogen (secondary N) is 1. The van der Waals surface area contributed by atoms with Gasteiger partial charge >= 0.3 is 6.18 Å². The second-order valence-corrected chi connectivity index (χ2v) is 5.61. The smallest absolute Gasteiger partial charge is 0.310 e. The molecule has 1 N–H and O–H groups in total. The zero-order chi connectivity index (χ0) is 26.6. The minimum atomic E-state index is -5.19. The van der Waals surface area contributed by atoms with Crippen molar-refractivity contribution in [1.29, 1.82) is 0 Å². The summed E-state index contributed by atoms with van der Waals surface area (Å²) in [6.45, 7) is -1.70. The van der Waals surface area contributed by atoms with Gasteiger partial charge in [-0.2, -0.15) is 13.2 Å². The maximum atomic E-state index is 13.4. The first-order chi connectivity index (χ1) is 15.9. The normalized spacial score (nSPS) is 20.4. The number of benzene rings is 3. The molecular weight excluding hydrogens is 335 g/mol. The van der Waals surface area contributed by atoms with E-state index in [1.807, 2.05) is 0 Å². The lowest BCUT2D eigenvalue weighted by Gasteiger charge is -2.17. The summed E-state index contributed by atoms with van der Waals surface area (Å²) < 4.78 is 113. The van der Waals surface area contributed by atoms with Crippen LogP contribution in [0.1, 0.15) is 48.3 Å². The quantitative estimate of drug-likeness (QED) is 0.552. The average molecular weight is 366 g/mol. The van der Waals surface area contributed by atoms with Gasteiger partial charge in [0, 0.05) is 11.5 Å². The van der Waals surface area contributed by atoms with Gasteiger partial charge in [0.25, 0.3) is 0 Å². The highest BCUT2D eigenvalue weighted by Gasteiger charge is 2.30. The van der Waals surface area contributed by atoms with Crippen LogP contribution in [0.3, 0.4) is 0 Å². The summed E-state index contributed by atoms with van der Waals surface area (Å²) in [6.07, 6.45) is -9.36. The number of rotatable bonds is 6. The highest BCUT2D eigenvalue weighted by Crippen LogP contribution is 2.29. The molecule has 1 nitrogen and oxygen atoms in total. The second-order valence-electron chi connectivity index (χ2n) is 5.61. The molecule has 0 aliphatic carbocycles. The van der Waals surface area contributed by atoms with Crippen LogP contribution in [0.15, 0.2) is 66.6 Å². The molecule has 0 saturated carbocycles. The van der Waals surface area contributed by atoms with Gasteiger partial charge in [-0.25, -0.2) is 0 Å². The summed E-state index contributed by atoms with van der Waals surface area (Å²) >= 11 is 0. The summed E-state index contributed by atoms with van der Waals surface area (Å²) in [5.74, 6) is 0. The standard InChI is InChI=1S/C22H22F3N/c1-16(20-13-5-10-18-9-2-3-12-21(18)20)26-14-6-8-17-7-4-11-19(15-17)22(23,24)25/h2-5,7,9-13,15-16,26H,6,8,14H2,1H3/t16-/m0/s1/i4D,6D2,7D,11D,14D2,15D,16D. The lowest BCUT2D eigenvalue weighted by atomic mass is 9.99. The van der Waals surface area contributed by atoms with Crippen LogP contribution in [0.25, 0.3) is 10.8 Å². The fourth-order valence-corrected chi connectivity index (χ4v) is 2.50. The zero-order valence-corrected chi connectivity index (χ0v) is 13.9. The summed E-state index contributed by atoms with van der Waals surface area (Å²) in [5, 5.41) is 3.70. The van der Waals surface area contributed by atoms with E-state index in [2.05, 4.69) is 5.32 Å². The molecule has 0 amide bonds. The Balaban J connectivity index is 2.03. The Morgan fingerprint density at radius 2 is 1.92 bits per heavy atom. The van der Waals surface area contributed by atoms with Crippen molar-refractivity contribution in [3.8, 4) is 0 Å². The van der Waals surface area contributed by atoms with Gasteiger partial charge < -0.3 is 5.32 Å². The van der Waals surface area contributed by atoms with Crippen LogP contribution in [-0.2, 0) is 12.6 Å². The minimum absolute atomic E-state index is 0.337.